The molecule has 0 aliphatic carbocycles. The van der Waals surface area contributed by atoms with Crippen molar-refractivity contribution in [3.63, 3.8) is 0 Å². The van der Waals surface area contributed by atoms with Gasteiger partial charge in [-0.05, 0) is 36.2 Å². The molecule has 0 fully saturated rings. The molecular weight excluding hydrogens is 444 g/mol. The van der Waals surface area contributed by atoms with Crippen LogP contribution in [0.25, 0.3) is 0 Å². The fourth-order valence-corrected chi connectivity index (χ4v) is 4.54. The maximum atomic E-state index is 12.5. The van der Waals surface area contributed by atoms with Gasteiger partial charge in [-0.25, -0.2) is 0 Å². The minimum atomic E-state index is -0.170. The first-order chi connectivity index (χ1) is 17.2. The normalized spacial score (nSPS) is 16.7. The Balaban J connectivity index is 1.18. The van der Waals surface area contributed by atoms with Gasteiger partial charge in [-0.2, -0.15) is 0 Å². The third-order valence-electron chi connectivity index (χ3n) is 6.37. The van der Waals surface area contributed by atoms with Crippen molar-refractivity contribution in [3.05, 3.63) is 83.4 Å². The van der Waals surface area contributed by atoms with Crippen LogP contribution < -0.4 is 24.3 Å². The molecule has 0 bridgehead atoms. The number of para-hydroxylation sites is 2. The molecule has 2 aliphatic heterocycles. The molecule has 182 valence electrons. The van der Waals surface area contributed by atoms with E-state index in [0.717, 1.165) is 52.8 Å². The highest BCUT2D eigenvalue weighted by Gasteiger charge is 2.26. The molecule has 0 aromatic heterocycles. The van der Waals surface area contributed by atoms with Gasteiger partial charge in [0.2, 0.25) is 12.7 Å². The molecule has 5 rings (SSSR count). The highest BCUT2D eigenvalue weighted by molar-refractivity contribution is 5.76. The Kier molecular flexibility index (Phi) is 7.04. The van der Waals surface area contributed by atoms with E-state index < -0.39 is 0 Å². The summed E-state index contributed by atoms with van der Waals surface area (Å²) in [5.41, 5.74) is 3.22. The van der Waals surface area contributed by atoms with E-state index in [1.54, 1.807) is 7.11 Å². The molecule has 0 saturated carbocycles. The summed E-state index contributed by atoms with van der Waals surface area (Å²) in [4.78, 5) is 14.8. The zero-order valence-electron chi connectivity index (χ0n) is 19.9. The number of amides is 1. The third kappa shape index (κ3) is 5.52. The number of hydrogen-bond acceptors (Lipinski definition) is 6. The number of carbonyl (C=O) groups excluding carboxylic acids is 1. The van der Waals surface area contributed by atoms with Gasteiger partial charge in [-0.15, -0.1) is 0 Å². The van der Waals surface area contributed by atoms with E-state index in [-0.39, 0.29) is 18.8 Å². The molecular formula is C28H30N2O5. The minimum Gasteiger partial charge on any atom is -0.496 e. The number of ether oxygens (including phenoxy) is 4. The predicted octanol–water partition coefficient (Wildman–Crippen LogP) is 4.11. The number of carbonyl (C=O) groups is 1. The number of fused-ring (bicyclic) bond motifs is 2. The number of hydrogen-bond donors (Lipinski definition) is 1. The molecule has 2 heterocycles. The van der Waals surface area contributed by atoms with Gasteiger partial charge in [-0.3, -0.25) is 9.69 Å². The summed E-state index contributed by atoms with van der Waals surface area (Å²) < 4.78 is 22.8. The molecule has 0 radical (unpaired) electrons. The van der Waals surface area contributed by atoms with Gasteiger partial charge in [0.05, 0.1) is 7.11 Å². The van der Waals surface area contributed by atoms with Crippen LogP contribution in [0.3, 0.4) is 0 Å². The maximum Gasteiger partial charge on any atom is 0.231 e. The molecule has 0 saturated heterocycles. The van der Waals surface area contributed by atoms with Crippen LogP contribution >= 0.6 is 0 Å². The topological polar surface area (TPSA) is 69.3 Å². The largest absolute Gasteiger partial charge is 0.496 e. The Bertz CT molecular complexity index is 1180. The molecule has 0 spiro atoms. The molecule has 7 nitrogen and oxygen atoms in total. The van der Waals surface area contributed by atoms with Crippen molar-refractivity contribution in [1.29, 1.82) is 0 Å². The zero-order valence-corrected chi connectivity index (χ0v) is 19.9. The molecule has 3 aromatic carbocycles. The van der Waals surface area contributed by atoms with Crippen molar-refractivity contribution >= 4 is 5.91 Å². The van der Waals surface area contributed by atoms with E-state index in [0.29, 0.717) is 25.9 Å². The minimum absolute atomic E-state index is 0.0374. The zero-order chi connectivity index (χ0) is 24.0. The number of benzene rings is 3. The van der Waals surface area contributed by atoms with Crippen LogP contribution in [0.4, 0.5) is 0 Å². The van der Waals surface area contributed by atoms with E-state index in [1.165, 1.54) is 0 Å². The Morgan fingerprint density at radius 2 is 1.86 bits per heavy atom. The van der Waals surface area contributed by atoms with Gasteiger partial charge in [0.1, 0.15) is 17.6 Å². The van der Waals surface area contributed by atoms with E-state index >= 15 is 0 Å². The molecule has 0 unspecified atom stereocenters. The summed E-state index contributed by atoms with van der Waals surface area (Å²) in [6.07, 6.45) is 0.912. The molecule has 1 N–H and O–H groups in total. The molecule has 35 heavy (non-hydrogen) atoms. The van der Waals surface area contributed by atoms with Gasteiger partial charge < -0.3 is 24.3 Å². The average Bonchev–Trinajstić information content (AvgIpc) is 3.27. The van der Waals surface area contributed by atoms with Crippen LogP contribution in [0.15, 0.2) is 66.7 Å². The highest BCUT2D eigenvalue weighted by Crippen LogP contribution is 2.35. The Morgan fingerprint density at radius 1 is 1.03 bits per heavy atom. The van der Waals surface area contributed by atoms with Crippen molar-refractivity contribution < 1.29 is 23.7 Å². The van der Waals surface area contributed by atoms with Crippen molar-refractivity contribution in [2.45, 2.75) is 25.5 Å². The van der Waals surface area contributed by atoms with Crippen LogP contribution in [-0.4, -0.2) is 44.3 Å². The molecule has 1 amide bonds. The monoisotopic (exact) mass is 474 g/mol. The second kappa shape index (κ2) is 10.7. The SMILES string of the molecule is COc1ccccc1[C@H]1CN(CCNC(=O)CCc2ccc3c(c2)OCO3)Cc2ccccc2O1. The number of methoxy groups -OCH3 is 1. The Labute approximate surface area is 205 Å². The van der Waals surface area contributed by atoms with Gasteiger partial charge in [0.15, 0.2) is 11.5 Å². The van der Waals surface area contributed by atoms with Crippen molar-refractivity contribution in [2.75, 3.05) is 33.5 Å². The summed E-state index contributed by atoms with van der Waals surface area (Å²) >= 11 is 0. The van der Waals surface area contributed by atoms with Gasteiger partial charge in [0, 0.05) is 43.7 Å². The van der Waals surface area contributed by atoms with Crippen molar-refractivity contribution in [3.8, 4) is 23.0 Å². The van der Waals surface area contributed by atoms with Crippen molar-refractivity contribution in [1.82, 2.24) is 10.2 Å². The van der Waals surface area contributed by atoms with Crippen molar-refractivity contribution in [2.24, 2.45) is 0 Å². The first kappa shape index (κ1) is 23.1. The number of aryl methyl sites for hydroxylation is 1. The van der Waals surface area contributed by atoms with Crippen LogP contribution in [0, 0.1) is 0 Å². The van der Waals surface area contributed by atoms with E-state index in [4.69, 9.17) is 18.9 Å². The Morgan fingerprint density at radius 3 is 2.77 bits per heavy atom. The molecule has 1 atom stereocenters. The lowest BCUT2D eigenvalue weighted by Gasteiger charge is -2.25. The quantitative estimate of drug-likeness (QED) is 0.530. The lowest BCUT2D eigenvalue weighted by Crippen LogP contribution is -2.36. The van der Waals surface area contributed by atoms with Gasteiger partial charge in [0.25, 0.3) is 0 Å². The standard InChI is InChI=1S/C28H30N2O5/c1-32-24-9-5-3-7-22(24)27-18-30(17-21-6-2-4-8-23(21)35-27)15-14-29-28(31)13-11-20-10-12-25-26(16-20)34-19-33-25/h2-10,12,16,27H,11,13-15,17-19H2,1H3,(H,29,31)/t27-/m1/s1. The van der Waals surface area contributed by atoms with Crippen LogP contribution in [0.1, 0.15) is 29.2 Å². The summed E-state index contributed by atoms with van der Waals surface area (Å²) in [6, 6.07) is 21.9. The maximum absolute atomic E-state index is 12.5. The predicted molar refractivity (Wildman–Crippen MR) is 132 cm³/mol. The Hall–Kier alpha value is -3.71. The van der Waals surface area contributed by atoms with Crippen LogP contribution in [-0.2, 0) is 17.8 Å². The van der Waals surface area contributed by atoms with Gasteiger partial charge in [-0.1, -0.05) is 42.5 Å². The highest BCUT2D eigenvalue weighted by atomic mass is 16.7. The van der Waals surface area contributed by atoms with E-state index in [2.05, 4.69) is 16.3 Å². The van der Waals surface area contributed by atoms with E-state index in [9.17, 15) is 4.79 Å². The fraction of sp³-hybridized carbons (Fsp3) is 0.321. The second-order valence-corrected chi connectivity index (χ2v) is 8.73. The fourth-order valence-electron chi connectivity index (χ4n) is 4.54. The first-order valence-corrected chi connectivity index (χ1v) is 11.9. The lowest BCUT2D eigenvalue weighted by atomic mass is 10.1. The summed E-state index contributed by atoms with van der Waals surface area (Å²) in [5.74, 6) is 3.24. The number of nitrogens with one attached hydrogen (secondary N) is 1. The smallest absolute Gasteiger partial charge is 0.231 e. The summed E-state index contributed by atoms with van der Waals surface area (Å²) in [7, 11) is 1.68. The van der Waals surface area contributed by atoms with Crippen LogP contribution in [0.5, 0.6) is 23.0 Å². The van der Waals surface area contributed by atoms with E-state index in [1.807, 2.05) is 60.7 Å². The van der Waals surface area contributed by atoms with Crippen LogP contribution in [0.2, 0.25) is 0 Å². The molecule has 2 aliphatic rings. The lowest BCUT2D eigenvalue weighted by molar-refractivity contribution is -0.121. The number of rotatable bonds is 8. The summed E-state index contributed by atoms with van der Waals surface area (Å²) in [5, 5.41) is 3.07. The average molecular weight is 475 g/mol. The number of nitrogens with zero attached hydrogens (tertiary/aromatic N) is 1. The molecule has 7 heteroatoms. The van der Waals surface area contributed by atoms with Gasteiger partial charge >= 0.3 is 0 Å². The molecule has 3 aromatic rings. The summed E-state index contributed by atoms with van der Waals surface area (Å²) in [6.45, 7) is 3.00. The first-order valence-electron chi connectivity index (χ1n) is 11.9. The second-order valence-electron chi connectivity index (χ2n) is 8.73. The third-order valence-corrected chi connectivity index (χ3v) is 6.37.